The predicted octanol–water partition coefficient (Wildman–Crippen LogP) is 4.96. The van der Waals surface area contributed by atoms with Crippen molar-refractivity contribution < 1.29 is 33.8 Å². The van der Waals surface area contributed by atoms with Gasteiger partial charge in [0.05, 0.1) is 54.0 Å². The molecule has 4 aromatic rings. The van der Waals surface area contributed by atoms with Gasteiger partial charge in [0.25, 0.3) is 5.91 Å². The number of carbonyl (C=O) groups excluding carboxylic acids is 4. The number of rotatable bonds is 8. The molecule has 1 unspecified atom stereocenters. The van der Waals surface area contributed by atoms with Gasteiger partial charge in [-0.05, 0) is 68.9 Å². The lowest BCUT2D eigenvalue weighted by Crippen LogP contribution is -2.63. The van der Waals surface area contributed by atoms with Crippen molar-refractivity contribution in [2.24, 2.45) is 11.3 Å². The van der Waals surface area contributed by atoms with E-state index < -0.39 is 47.4 Å². The summed E-state index contributed by atoms with van der Waals surface area (Å²) >= 11 is 1.41. The fourth-order valence-electron chi connectivity index (χ4n) is 8.70. The summed E-state index contributed by atoms with van der Waals surface area (Å²) in [7, 11) is 3.25. The number of esters is 1. The molecule has 0 spiro atoms. The first kappa shape index (κ1) is 43.2. The van der Waals surface area contributed by atoms with Gasteiger partial charge >= 0.3 is 12.0 Å². The Morgan fingerprint density at radius 3 is 2.65 bits per heavy atom. The normalized spacial score (nSPS) is 21.0. The molecule has 0 radical (unpaired) electrons. The Morgan fingerprint density at radius 1 is 1.18 bits per heavy atom. The number of cyclic esters (lactones) is 1. The van der Waals surface area contributed by atoms with Crippen molar-refractivity contribution in [3.63, 3.8) is 0 Å². The van der Waals surface area contributed by atoms with E-state index in [0.29, 0.717) is 37.4 Å². The lowest BCUT2D eigenvalue weighted by Gasteiger charge is -2.41. The maximum Gasteiger partial charge on any atom is 0.324 e. The van der Waals surface area contributed by atoms with E-state index in [-0.39, 0.29) is 44.2 Å². The van der Waals surface area contributed by atoms with Crippen LogP contribution in [0.3, 0.4) is 0 Å². The Kier molecular flexibility index (Phi) is 12.7. The zero-order chi connectivity index (χ0) is 43.0. The number of urea groups is 1. The first-order chi connectivity index (χ1) is 28.6. The van der Waals surface area contributed by atoms with E-state index in [0.717, 1.165) is 44.7 Å². The number of nitrogens with zero attached hydrogens (tertiary/aromatic N) is 6. The maximum absolute atomic E-state index is 14.5. The second kappa shape index (κ2) is 17.6. The van der Waals surface area contributed by atoms with Gasteiger partial charge in [-0.15, -0.1) is 11.3 Å². The molecule has 4 amide bonds. The Morgan fingerprint density at radius 2 is 1.95 bits per heavy atom. The second-order valence-corrected chi connectivity index (χ2v) is 18.4. The number of likely N-dealkylation sites (N-methyl/N-ethyl adjacent to an activating group) is 1. The first-order valence-corrected chi connectivity index (χ1v) is 21.8. The summed E-state index contributed by atoms with van der Waals surface area (Å²) in [4.78, 5) is 68.4. The summed E-state index contributed by atoms with van der Waals surface area (Å²) in [5.74, 6) is -1.65. The molecule has 6 bridgehead atoms. The Bertz CT molecular complexity index is 2250. The molecule has 60 heavy (non-hydrogen) atoms. The number of carbonyl (C=O) groups is 4. The molecule has 3 aliphatic rings. The number of likely N-dealkylation sites (tertiary alicyclic amines) is 1. The standard InChI is InChI=1S/C44H58N8O7S/c1-9-51-35-15-14-27-18-30(35)31(39(51)29-12-10-16-45-37(29)26(4)58-8)20-44(5,6)24-59-42(56)32-13-11-17-52(48-32)41(55)33(19-36-46-34(27)23-60-36)47-40(54)38(25(2)3)49(7)43(57)50-21-28(53)22-50/h10,12,14-16,18,23,25-26,28,32-33,38,48,53H,9,11,13,17,19-22,24H2,1-8H3,(H,47,54)/t26-,32-,33-,38?/m0/s1. The zero-order valence-corrected chi connectivity index (χ0v) is 36.7. The summed E-state index contributed by atoms with van der Waals surface area (Å²) in [6.45, 7) is 13.6. The van der Waals surface area contributed by atoms with Crippen LogP contribution >= 0.6 is 11.3 Å². The largest absolute Gasteiger partial charge is 0.464 e. The van der Waals surface area contributed by atoms with Gasteiger partial charge in [-0.25, -0.2) is 15.2 Å². The number of amides is 4. The van der Waals surface area contributed by atoms with Crippen molar-refractivity contribution in [1.82, 2.24) is 40.1 Å². The molecule has 322 valence electrons. The minimum absolute atomic E-state index is 0.0861. The summed E-state index contributed by atoms with van der Waals surface area (Å²) in [6.07, 6.45) is 2.64. The monoisotopic (exact) mass is 842 g/mol. The fourth-order valence-corrected chi connectivity index (χ4v) is 9.55. The van der Waals surface area contributed by atoms with E-state index >= 15 is 0 Å². The molecule has 3 aromatic heterocycles. The molecule has 6 heterocycles. The molecule has 0 saturated carbocycles. The van der Waals surface area contributed by atoms with E-state index in [1.54, 1.807) is 20.4 Å². The van der Waals surface area contributed by atoms with E-state index in [1.165, 1.54) is 26.1 Å². The number of β-amino-alcohol motifs (C(OH)–C–C–N with tert-alkyl or cyclic N) is 1. The van der Waals surface area contributed by atoms with Gasteiger partial charge in [0, 0.05) is 72.7 Å². The van der Waals surface area contributed by atoms with E-state index in [4.69, 9.17) is 19.4 Å². The van der Waals surface area contributed by atoms with Crippen LogP contribution in [0, 0.1) is 11.3 Å². The topological polar surface area (TPSA) is 171 Å². The average Bonchev–Trinajstić information content (AvgIpc) is 3.81. The highest BCUT2D eigenvalue weighted by Crippen LogP contribution is 2.42. The van der Waals surface area contributed by atoms with Crippen LogP contribution < -0.4 is 10.7 Å². The molecular formula is C44H58N8O7S. The molecular weight excluding hydrogens is 785 g/mol. The summed E-state index contributed by atoms with van der Waals surface area (Å²) in [5, 5.41) is 17.9. The highest BCUT2D eigenvalue weighted by molar-refractivity contribution is 7.10. The van der Waals surface area contributed by atoms with Crippen molar-refractivity contribution in [2.45, 2.75) is 104 Å². The average molecular weight is 843 g/mol. The minimum atomic E-state index is -1.06. The van der Waals surface area contributed by atoms with Crippen LogP contribution in [0.25, 0.3) is 33.4 Å². The molecule has 1 aromatic carbocycles. The molecule has 4 atom stereocenters. The van der Waals surface area contributed by atoms with Crippen LogP contribution in [0.1, 0.15) is 76.8 Å². The number of hydrogen-bond acceptors (Lipinski definition) is 11. The molecule has 2 fully saturated rings. The SMILES string of the molecule is CCn1c(-c2cccnc2[C@H](C)OC)c2c3cc(ccc31)-c1csc(n1)C[C@H](NC(=O)C(C(C)C)N(C)C(=O)N1CC(O)C1)C(=O)N1CCC[C@H](N1)C(=O)OCC(C)(C)C2. The molecule has 3 N–H and O–H groups in total. The summed E-state index contributed by atoms with van der Waals surface area (Å²) < 4.78 is 14.2. The first-order valence-electron chi connectivity index (χ1n) is 20.9. The molecule has 7 rings (SSSR count). The number of fused-ring (bicyclic) bond motifs is 6. The Hall–Kier alpha value is -4.90. The van der Waals surface area contributed by atoms with Crippen molar-refractivity contribution >= 4 is 46.1 Å². The highest BCUT2D eigenvalue weighted by atomic mass is 32.1. The smallest absolute Gasteiger partial charge is 0.324 e. The number of methoxy groups -OCH3 is 1. The van der Waals surface area contributed by atoms with Crippen molar-refractivity contribution in [2.75, 3.05) is 40.4 Å². The number of ether oxygens (including phenoxy) is 2. The number of aromatic nitrogens is 3. The van der Waals surface area contributed by atoms with Gasteiger partial charge < -0.3 is 34.3 Å². The van der Waals surface area contributed by atoms with Crippen LogP contribution in [-0.4, -0.2) is 123 Å². The Labute approximate surface area is 355 Å². The van der Waals surface area contributed by atoms with Crippen LogP contribution in [0.4, 0.5) is 4.79 Å². The number of hydrogen-bond donors (Lipinski definition) is 3. The fraction of sp³-hybridized carbons (Fsp3) is 0.545. The molecule has 0 aliphatic carbocycles. The summed E-state index contributed by atoms with van der Waals surface area (Å²) in [6, 6.07) is 7.29. The molecule has 3 aliphatic heterocycles. The number of thiazole rings is 1. The molecule has 16 heteroatoms. The number of benzene rings is 1. The maximum atomic E-state index is 14.5. The third-order valence-corrected chi connectivity index (χ3v) is 12.8. The second-order valence-electron chi connectivity index (χ2n) is 17.4. The highest BCUT2D eigenvalue weighted by Gasteiger charge is 2.40. The van der Waals surface area contributed by atoms with Gasteiger partial charge in [0.2, 0.25) is 5.91 Å². The van der Waals surface area contributed by atoms with Crippen LogP contribution in [0.5, 0.6) is 0 Å². The van der Waals surface area contributed by atoms with Crippen molar-refractivity contribution in [3.8, 4) is 22.5 Å². The van der Waals surface area contributed by atoms with Crippen molar-refractivity contribution in [3.05, 3.63) is 58.2 Å². The number of aryl methyl sites for hydroxylation is 1. The quantitative estimate of drug-likeness (QED) is 0.206. The van der Waals surface area contributed by atoms with Gasteiger partial charge in [-0.2, -0.15) is 0 Å². The van der Waals surface area contributed by atoms with Gasteiger partial charge in [-0.3, -0.25) is 24.4 Å². The third kappa shape index (κ3) is 8.65. The minimum Gasteiger partial charge on any atom is -0.464 e. The van der Waals surface area contributed by atoms with E-state index in [1.807, 2.05) is 32.2 Å². The number of hydrazine groups is 1. The van der Waals surface area contributed by atoms with E-state index in [2.05, 4.69) is 60.3 Å². The third-order valence-electron chi connectivity index (χ3n) is 11.9. The lowest BCUT2D eigenvalue weighted by atomic mass is 9.84. The van der Waals surface area contributed by atoms with Crippen LogP contribution in [-0.2, 0) is 43.2 Å². The zero-order valence-electron chi connectivity index (χ0n) is 35.9. The van der Waals surface area contributed by atoms with Gasteiger partial charge in [0.1, 0.15) is 18.1 Å². The van der Waals surface area contributed by atoms with Crippen molar-refractivity contribution in [1.29, 1.82) is 0 Å². The lowest BCUT2D eigenvalue weighted by molar-refractivity contribution is -0.155. The van der Waals surface area contributed by atoms with Gasteiger partial charge in [-0.1, -0.05) is 33.8 Å². The van der Waals surface area contributed by atoms with Crippen LogP contribution in [0.2, 0.25) is 0 Å². The number of nitrogens with one attached hydrogen (secondary N) is 2. The Balaban J connectivity index is 1.30. The van der Waals surface area contributed by atoms with E-state index in [9.17, 15) is 24.3 Å². The predicted molar refractivity (Wildman–Crippen MR) is 229 cm³/mol. The summed E-state index contributed by atoms with van der Waals surface area (Å²) in [5.41, 5.74) is 9.28. The van der Waals surface area contributed by atoms with Gasteiger partial charge in [0.15, 0.2) is 0 Å². The number of pyridine rings is 1. The molecule has 15 nitrogen and oxygen atoms in total. The molecule has 2 saturated heterocycles. The number of aliphatic hydroxyl groups excluding tert-OH is 1. The van der Waals surface area contributed by atoms with Crippen LogP contribution in [0.15, 0.2) is 41.9 Å². The number of aliphatic hydroxyl groups is 1.